The Morgan fingerprint density at radius 2 is 1.86 bits per heavy atom. The van der Waals surface area contributed by atoms with Crippen LogP contribution >= 0.6 is 23.2 Å². The standard InChI is InChI=1S/C10H6Cl2O2/c1-14-10(13)3-2-7-4-8(11)6-9(12)5-7/h4-6H,1H3. The molecule has 0 bridgehead atoms. The van der Waals surface area contributed by atoms with E-state index in [1.54, 1.807) is 18.2 Å². The van der Waals surface area contributed by atoms with Crippen molar-refractivity contribution >= 4 is 29.2 Å². The number of hydrogen-bond acceptors (Lipinski definition) is 2. The normalized spacial score (nSPS) is 8.79. The highest BCUT2D eigenvalue weighted by molar-refractivity contribution is 6.34. The van der Waals surface area contributed by atoms with Crippen LogP contribution in [0.1, 0.15) is 5.56 Å². The summed E-state index contributed by atoms with van der Waals surface area (Å²) in [5.74, 6) is 4.26. The fraction of sp³-hybridized carbons (Fsp3) is 0.100. The van der Waals surface area contributed by atoms with Crippen molar-refractivity contribution in [3.8, 4) is 11.8 Å². The van der Waals surface area contributed by atoms with E-state index in [1.807, 2.05) is 0 Å². The van der Waals surface area contributed by atoms with Gasteiger partial charge in [-0.25, -0.2) is 4.79 Å². The van der Waals surface area contributed by atoms with Crippen molar-refractivity contribution < 1.29 is 9.53 Å². The van der Waals surface area contributed by atoms with Gasteiger partial charge in [0.05, 0.1) is 7.11 Å². The summed E-state index contributed by atoms with van der Waals surface area (Å²) in [5.41, 5.74) is 0.577. The highest BCUT2D eigenvalue weighted by Gasteiger charge is 1.95. The zero-order chi connectivity index (χ0) is 10.6. The van der Waals surface area contributed by atoms with E-state index in [-0.39, 0.29) is 0 Å². The van der Waals surface area contributed by atoms with Gasteiger partial charge in [-0.2, -0.15) is 0 Å². The van der Waals surface area contributed by atoms with Gasteiger partial charge in [-0.3, -0.25) is 0 Å². The van der Waals surface area contributed by atoms with Gasteiger partial charge in [0, 0.05) is 21.5 Å². The Morgan fingerprint density at radius 3 is 2.36 bits per heavy atom. The quantitative estimate of drug-likeness (QED) is 0.504. The number of halogens is 2. The highest BCUT2D eigenvalue weighted by Crippen LogP contribution is 2.18. The molecule has 0 fully saturated rings. The average Bonchev–Trinajstić information content (AvgIpc) is 2.12. The minimum absolute atomic E-state index is 0.478. The Hall–Kier alpha value is -1.17. The summed E-state index contributed by atoms with van der Waals surface area (Å²) in [4.78, 5) is 10.7. The van der Waals surface area contributed by atoms with E-state index in [4.69, 9.17) is 23.2 Å². The van der Waals surface area contributed by atoms with Gasteiger partial charge in [0.25, 0.3) is 0 Å². The first-order chi connectivity index (χ1) is 6.61. The van der Waals surface area contributed by atoms with Gasteiger partial charge in [-0.1, -0.05) is 29.1 Å². The van der Waals surface area contributed by atoms with Crippen LogP contribution < -0.4 is 0 Å². The number of methoxy groups -OCH3 is 1. The maximum atomic E-state index is 10.7. The summed E-state index contributed by atoms with van der Waals surface area (Å²) in [7, 11) is 1.27. The van der Waals surface area contributed by atoms with Crippen LogP contribution in [0.4, 0.5) is 0 Å². The largest absolute Gasteiger partial charge is 0.459 e. The molecule has 0 saturated heterocycles. The van der Waals surface area contributed by atoms with Crippen molar-refractivity contribution in [2.75, 3.05) is 7.11 Å². The van der Waals surface area contributed by atoms with Crippen molar-refractivity contribution in [3.63, 3.8) is 0 Å². The fourth-order valence-electron chi connectivity index (χ4n) is 0.800. The van der Waals surface area contributed by atoms with Crippen LogP contribution in [0.3, 0.4) is 0 Å². The van der Waals surface area contributed by atoms with Gasteiger partial charge in [0.1, 0.15) is 0 Å². The van der Waals surface area contributed by atoms with E-state index in [0.717, 1.165) is 0 Å². The lowest BCUT2D eigenvalue weighted by molar-refractivity contribution is -0.133. The molecule has 0 unspecified atom stereocenters. The second kappa shape index (κ2) is 4.90. The number of carbonyl (C=O) groups is 1. The fourth-order valence-corrected chi connectivity index (χ4v) is 1.33. The molecule has 0 N–H and O–H groups in total. The molecule has 0 atom stereocenters. The van der Waals surface area contributed by atoms with Crippen LogP contribution in [0.2, 0.25) is 10.0 Å². The molecule has 0 aliphatic rings. The molecule has 72 valence electrons. The maximum absolute atomic E-state index is 10.7. The second-order valence-electron chi connectivity index (χ2n) is 2.40. The molecule has 1 rings (SSSR count). The zero-order valence-corrected chi connectivity index (χ0v) is 8.82. The van der Waals surface area contributed by atoms with Crippen LogP contribution in [-0.2, 0) is 9.53 Å². The topological polar surface area (TPSA) is 26.3 Å². The van der Waals surface area contributed by atoms with E-state index in [2.05, 4.69) is 16.6 Å². The number of ether oxygens (including phenoxy) is 1. The molecule has 0 aliphatic carbocycles. The van der Waals surface area contributed by atoms with Gasteiger partial charge in [-0.05, 0) is 18.2 Å². The molecule has 0 aliphatic heterocycles. The third-order valence-electron chi connectivity index (χ3n) is 1.36. The number of rotatable bonds is 0. The minimum atomic E-state index is -0.596. The maximum Gasteiger partial charge on any atom is 0.384 e. The first-order valence-electron chi connectivity index (χ1n) is 3.68. The molecule has 0 saturated carbocycles. The van der Waals surface area contributed by atoms with Crippen molar-refractivity contribution in [2.24, 2.45) is 0 Å². The molecule has 14 heavy (non-hydrogen) atoms. The van der Waals surface area contributed by atoms with E-state index in [9.17, 15) is 4.79 Å². The van der Waals surface area contributed by atoms with Gasteiger partial charge >= 0.3 is 5.97 Å². The van der Waals surface area contributed by atoms with Crippen molar-refractivity contribution in [3.05, 3.63) is 33.8 Å². The summed E-state index contributed by atoms with van der Waals surface area (Å²) in [6, 6.07) is 4.82. The average molecular weight is 229 g/mol. The van der Waals surface area contributed by atoms with Gasteiger partial charge < -0.3 is 4.74 Å². The monoisotopic (exact) mass is 228 g/mol. The van der Waals surface area contributed by atoms with Crippen molar-refractivity contribution in [2.45, 2.75) is 0 Å². The Morgan fingerprint density at radius 1 is 1.29 bits per heavy atom. The Balaban J connectivity index is 2.95. The summed E-state index contributed by atoms with van der Waals surface area (Å²) >= 11 is 11.5. The summed E-state index contributed by atoms with van der Waals surface area (Å²) in [5, 5.41) is 0.957. The van der Waals surface area contributed by atoms with Crippen LogP contribution in [0.25, 0.3) is 0 Å². The summed E-state index contributed by atoms with van der Waals surface area (Å²) < 4.78 is 4.35. The molecule has 1 aromatic rings. The molecule has 0 radical (unpaired) electrons. The molecule has 0 amide bonds. The second-order valence-corrected chi connectivity index (χ2v) is 3.27. The third-order valence-corrected chi connectivity index (χ3v) is 1.79. The molecule has 0 spiro atoms. The van der Waals surface area contributed by atoms with Crippen molar-refractivity contribution in [1.82, 2.24) is 0 Å². The van der Waals surface area contributed by atoms with Crippen LogP contribution in [-0.4, -0.2) is 13.1 Å². The van der Waals surface area contributed by atoms with Gasteiger partial charge in [-0.15, -0.1) is 0 Å². The summed E-state index contributed by atoms with van der Waals surface area (Å²) in [6.45, 7) is 0. The lowest BCUT2D eigenvalue weighted by Gasteiger charge is -1.94. The van der Waals surface area contributed by atoms with Gasteiger partial charge in [0.15, 0.2) is 0 Å². The predicted octanol–water partition coefficient (Wildman–Crippen LogP) is 2.52. The van der Waals surface area contributed by atoms with Crippen LogP contribution in [0.5, 0.6) is 0 Å². The van der Waals surface area contributed by atoms with E-state index in [0.29, 0.717) is 15.6 Å². The van der Waals surface area contributed by atoms with Crippen LogP contribution in [0, 0.1) is 11.8 Å². The van der Waals surface area contributed by atoms with Crippen molar-refractivity contribution in [1.29, 1.82) is 0 Å². The lowest BCUT2D eigenvalue weighted by atomic mass is 10.2. The Kier molecular flexibility index (Phi) is 3.82. The molecule has 4 heteroatoms. The van der Waals surface area contributed by atoms with Crippen LogP contribution in [0.15, 0.2) is 18.2 Å². The highest BCUT2D eigenvalue weighted by atomic mass is 35.5. The zero-order valence-electron chi connectivity index (χ0n) is 7.30. The minimum Gasteiger partial charge on any atom is -0.459 e. The summed E-state index contributed by atoms with van der Waals surface area (Å²) in [6.07, 6.45) is 0. The third kappa shape index (κ3) is 3.29. The van der Waals surface area contributed by atoms with E-state index < -0.39 is 5.97 Å². The molecule has 2 nitrogen and oxygen atoms in total. The number of hydrogen-bond donors (Lipinski definition) is 0. The number of esters is 1. The molecular weight excluding hydrogens is 223 g/mol. The predicted molar refractivity (Wildman–Crippen MR) is 55.4 cm³/mol. The SMILES string of the molecule is COC(=O)C#Cc1cc(Cl)cc(Cl)c1. The van der Waals surface area contributed by atoms with Gasteiger partial charge in [0.2, 0.25) is 0 Å². The molecular formula is C10H6Cl2O2. The smallest absolute Gasteiger partial charge is 0.384 e. The molecule has 0 aromatic heterocycles. The molecule has 0 heterocycles. The lowest BCUT2D eigenvalue weighted by Crippen LogP contribution is -1.94. The molecule has 1 aromatic carbocycles. The Labute approximate surface area is 91.8 Å². The first kappa shape index (κ1) is 10.9. The van der Waals surface area contributed by atoms with E-state index >= 15 is 0 Å². The number of benzene rings is 1. The van der Waals surface area contributed by atoms with E-state index in [1.165, 1.54) is 7.11 Å². The number of carbonyl (C=O) groups excluding carboxylic acids is 1. The Bertz CT molecular complexity index is 396. The first-order valence-corrected chi connectivity index (χ1v) is 4.43.